The molecule has 0 spiro atoms. The van der Waals surface area contributed by atoms with E-state index in [2.05, 4.69) is 5.32 Å². The van der Waals surface area contributed by atoms with Gasteiger partial charge in [0.25, 0.3) is 0 Å². The number of rotatable bonds is 5. The third kappa shape index (κ3) is 3.81. The van der Waals surface area contributed by atoms with Crippen molar-refractivity contribution < 1.29 is 28.5 Å². The Hall–Kier alpha value is -3.74. The van der Waals surface area contributed by atoms with Crippen LogP contribution in [-0.4, -0.2) is 32.3 Å². The van der Waals surface area contributed by atoms with E-state index in [-0.39, 0.29) is 25.1 Å². The van der Waals surface area contributed by atoms with E-state index in [9.17, 15) is 9.59 Å². The number of methoxy groups -OCH3 is 1. The molecule has 2 aliphatic heterocycles. The zero-order valence-corrected chi connectivity index (χ0v) is 19.5. The number of dihydropyridines is 1. The van der Waals surface area contributed by atoms with Gasteiger partial charge in [-0.1, -0.05) is 18.2 Å². The number of Topliss-reactive ketones (excluding diaryl/α,β-unsaturated/α-hetero) is 1. The average molecular weight is 462 g/mol. The highest BCUT2D eigenvalue weighted by Crippen LogP contribution is 2.47. The van der Waals surface area contributed by atoms with Crippen molar-refractivity contribution in [1.29, 1.82) is 0 Å². The van der Waals surface area contributed by atoms with Gasteiger partial charge in [-0.15, -0.1) is 0 Å². The minimum Gasteiger partial charge on any atom is -0.497 e. The van der Waals surface area contributed by atoms with Crippen molar-refractivity contribution in [2.75, 3.05) is 20.5 Å². The maximum Gasteiger partial charge on any atom is 0.336 e. The van der Waals surface area contributed by atoms with Crippen molar-refractivity contribution in [1.82, 2.24) is 5.32 Å². The van der Waals surface area contributed by atoms with Crippen LogP contribution < -0.4 is 19.5 Å². The molecule has 7 heteroatoms. The van der Waals surface area contributed by atoms with Gasteiger partial charge in [-0.25, -0.2) is 4.79 Å². The van der Waals surface area contributed by atoms with Gasteiger partial charge in [0.1, 0.15) is 5.75 Å². The summed E-state index contributed by atoms with van der Waals surface area (Å²) in [5, 5.41) is 3.37. The van der Waals surface area contributed by atoms with Gasteiger partial charge in [-0.05, 0) is 61.6 Å². The second kappa shape index (κ2) is 8.89. The largest absolute Gasteiger partial charge is 0.497 e. The Balaban J connectivity index is 1.57. The Kier molecular flexibility index (Phi) is 5.77. The van der Waals surface area contributed by atoms with E-state index in [1.165, 1.54) is 0 Å². The zero-order valence-electron chi connectivity index (χ0n) is 19.5. The molecule has 2 aromatic carbocycles. The molecule has 1 N–H and O–H groups in total. The number of esters is 1. The van der Waals surface area contributed by atoms with E-state index in [0.717, 1.165) is 22.6 Å². The fraction of sp³-hybridized carbons (Fsp3) is 0.333. The Bertz CT molecular complexity index is 1210. The van der Waals surface area contributed by atoms with Crippen LogP contribution in [0.2, 0.25) is 0 Å². The standard InChI is InChI=1S/C27H27NO6/c1-4-32-27(30)24-15(2)28-20-11-18(16-5-8-19(31-3)9-6-16)12-21(29)26(20)25(24)17-7-10-22-23(13-17)34-14-33-22/h5-10,13,18,25,28H,4,11-12,14H2,1-3H3. The van der Waals surface area contributed by atoms with Gasteiger partial charge in [0.2, 0.25) is 6.79 Å². The predicted octanol–water partition coefficient (Wildman–Crippen LogP) is 4.35. The molecular formula is C27H27NO6. The van der Waals surface area contributed by atoms with Gasteiger partial charge in [-0.3, -0.25) is 4.79 Å². The molecule has 34 heavy (non-hydrogen) atoms. The lowest BCUT2D eigenvalue weighted by Crippen LogP contribution is -2.36. The number of benzene rings is 2. The van der Waals surface area contributed by atoms with Gasteiger partial charge in [0, 0.05) is 29.3 Å². The number of ketones is 1. The molecule has 3 aliphatic rings. The van der Waals surface area contributed by atoms with E-state index < -0.39 is 11.9 Å². The van der Waals surface area contributed by atoms with Gasteiger partial charge in [0.05, 0.1) is 19.3 Å². The first-order chi connectivity index (χ1) is 16.5. The van der Waals surface area contributed by atoms with Crippen LogP contribution in [-0.2, 0) is 14.3 Å². The SMILES string of the molecule is CCOC(=O)C1=C(C)NC2=C(C(=O)CC(c3ccc(OC)cc3)C2)C1c1ccc2c(c1)OCO2. The molecule has 2 aromatic rings. The van der Waals surface area contributed by atoms with Crippen LogP contribution in [0.25, 0.3) is 0 Å². The van der Waals surface area contributed by atoms with E-state index in [1.807, 2.05) is 49.4 Å². The quantitative estimate of drug-likeness (QED) is 0.663. The number of hydrogen-bond acceptors (Lipinski definition) is 7. The van der Waals surface area contributed by atoms with Gasteiger partial charge < -0.3 is 24.3 Å². The number of fused-ring (bicyclic) bond motifs is 1. The third-order valence-corrected chi connectivity index (χ3v) is 6.64. The molecular weight excluding hydrogens is 434 g/mol. The van der Waals surface area contributed by atoms with E-state index in [4.69, 9.17) is 18.9 Å². The fourth-order valence-electron chi connectivity index (χ4n) is 5.06. The molecule has 1 aliphatic carbocycles. The second-order valence-corrected chi connectivity index (χ2v) is 8.62. The zero-order chi connectivity index (χ0) is 23.8. The van der Waals surface area contributed by atoms with Gasteiger partial charge in [0.15, 0.2) is 17.3 Å². The lowest BCUT2D eigenvalue weighted by Gasteiger charge is -2.36. The van der Waals surface area contributed by atoms with Crippen LogP contribution in [0, 0.1) is 0 Å². The number of allylic oxidation sites excluding steroid dienone is 3. The van der Waals surface area contributed by atoms with Crippen LogP contribution in [0.1, 0.15) is 49.7 Å². The summed E-state index contributed by atoms with van der Waals surface area (Å²) < 4.78 is 21.7. The smallest absolute Gasteiger partial charge is 0.336 e. The Morgan fingerprint density at radius 1 is 1.06 bits per heavy atom. The first kappa shape index (κ1) is 22.1. The topological polar surface area (TPSA) is 83.1 Å². The summed E-state index contributed by atoms with van der Waals surface area (Å²) in [7, 11) is 1.63. The predicted molar refractivity (Wildman–Crippen MR) is 125 cm³/mol. The average Bonchev–Trinajstić information content (AvgIpc) is 3.31. The summed E-state index contributed by atoms with van der Waals surface area (Å²) in [5.41, 5.74) is 4.51. The number of nitrogens with one attached hydrogen (secondary N) is 1. The molecule has 176 valence electrons. The fourth-order valence-corrected chi connectivity index (χ4v) is 5.06. The molecule has 0 radical (unpaired) electrons. The van der Waals surface area contributed by atoms with E-state index in [1.54, 1.807) is 14.0 Å². The Morgan fingerprint density at radius 2 is 1.79 bits per heavy atom. The Labute approximate surface area is 198 Å². The molecule has 2 unspecified atom stereocenters. The summed E-state index contributed by atoms with van der Waals surface area (Å²) in [6.07, 6.45) is 1.03. The summed E-state index contributed by atoms with van der Waals surface area (Å²) in [5.74, 6) is 1.15. The summed E-state index contributed by atoms with van der Waals surface area (Å²) in [4.78, 5) is 26.7. The normalized spacial score (nSPS) is 21.2. The van der Waals surface area contributed by atoms with Crippen molar-refractivity contribution in [3.05, 3.63) is 76.1 Å². The van der Waals surface area contributed by atoms with Crippen LogP contribution in [0.4, 0.5) is 0 Å². The Morgan fingerprint density at radius 3 is 2.53 bits per heavy atom. The molecule has 0 saturated heterocycles. The van der Waals surface area contributed by atoms with Crippen LogP contribution >= 0.6 is 0 Å². The van der Waals surface area contributed by atoms with Crippen molar-refractivity contribution in [3.63, 3.8) is 0 Å². The minimum atomic E-state index is -0.533. The molecule has 7 nitrogen and oxygen atoms in total. The summed E-state index contributed by atoms with van der Waals surface area (Å²) in [6.45, 7) is 4.04. The number of carbonyl (C=O) groups is 2. The first-order valence-electron chi connectivity index (χ1n) is 11.4. The van der Waals surface area contributed by atoms with Crippen LogP contribution in [0.3, 0.4) is 0 Å². The molecule has 2 heterocycles. The second-order valence-electron chi connectivity index (χ2n) is 8.62. The number of carbonyl (C=O) groups excluding carboxylic acids is 2. The maximum absolute atomic E-state index is 13.6. The van der Waals surface area contributed by atoms with Crippen LogP contribution in [0.5, 0.6) is 17.2 Å². The maximum atomic E-state index is 13.6. The molecule has 0 saturated carbocycles. The molecule has 0 fully saturated rings. The summed E-state index contributed by atoms with van der Waals surface area (Å²) in [6, 6.07) is 13.4. The van der Waals surface area contributed by atoms with Crippen molar-refractivity contribution in [3.8, 4) is 17.2 Å². The van der Waals surface area contributed by atoms with Crippen molar-refractivity contribution in [2.45, 2.75) is 38.5 Å². The van der Waals surface area contributed by atoms with Gasteiger partial charge >= 0.3 is 5.97 Å². The highest BCUT2D eigenvalue weighted by Gasteiger charge is 2.41. The molecule has 0 aromatic heterocycles. The minimum absolute atomic E-state index is 0.0199. The highest BCUT2D eigenvalue weighted by molar-refractivity contribution is 6.04. The lowest BCUT2D eigenvalue weighted by molar-refractivity contribution is -0.138. The van der Waals surface area contributed by atoms with Crippen molar-refractivity contribution in [2.24, 2.45) is 0 Å². The third-order valence-electron chi connectivity index (χ3n) is 6.64. The number of ether oxygens (including phenoxy) is 4. The summed E-state index contributed by atoms with van der Waals surface area (Å²) >= 11 is 0. The van der Waals surface area contributed by atoms with Crippen molar-refractivity contribution >= 4 is 11.8 Å². The highest BCUT2D eigenvalue weighted by atomic mass is 16.7. The lowest BCUT2D eigenvalue weighted by atomic mass is 9.71. The molecule has 0 bridgehead atoms. The molecule has 0 amide bonds. The first-order valence-corrected chi connectivity index (χ1v) is 11.4. The van der Waals surface area contributed by atoms with E-state index >= 15 is 0 Å². The van der Waals surface area contributed by atoms with Gasteiger partial charge in [-0.2, -0.15) is 0 Å². The van der Waals surface area contributed by atoms with Crippen LogP contribution in [0.15, 0.2) is 65.0 Å². The molecule has 2 atom stereocenters. The monoisotopic (exact) mass is 461 g/mol. The van der Waals surface area contributed by atoms with E-state index in [0.29, 0.717) is 41.2 Å². The molecule has 5 rings (SSSR count). The number of hydrogen-bond donors (Lipinski definition) is 1.